The van der Waals surface area contributed by atoms with Gasteiger partial charge in [0.1, 0.15) is 0 Å². The van der Waals surface area contributed by atoms with E-state index in [-0.39, 0.29) is 0 Å². The van der Waals surface area contributed by atoms with Crippen LogP contribution >= 0.6 is 12.6 Å². The fourth-order valence-electron chi connectivity index (χ4n) is 2.83. The van der Waals surface area contributed by atoms with Gasteiger partial charge in [-0.15, -0.1) is 0 Å². The van der Waals surface area contributed by atoms with E-state index in [2.05, 4.69) is 12.6 Å². The fourth-order valence-corrected chi connectivity index (χ4v) is 3.24. The number of ether oxygens (including phenoxy) is 2. The Balaban J connectivity index is 1.69. The van der Waals surface area contributed by atoms with Crippen molar-refractivity contribution in [1.82, 2.24) is 0 Å². The topological polar surface area (TPSA) is 18.5 Å². The second-order valence-corrected chi connectivity index (χ2v) is 5.69. The molecule has 0 spiro atoms. The first kappa shape index (κ1) is 12.7. The van der Waals surface area contributed by atoms with Crippen LogP contribution in [0.5, 0.6) is 0 Å². The smallest absolute Gasteiger partial charge is 0.0809 e. The summed E-state index contributed by atoms with van der Waals surface area (Å²) in [5.41, 5.74) is 0.361. The minimum Gasteiger partial charge on any atom is -0.378 e. The summed E-state index contributed by atoms with van der Waals surface area (Å²) in [4.78, 5) is 0. The molecule has 1 saturated heterocycles. The van der Waals surface area contributed by atoms with Crippen LogP contribution in [-0.4, -0.2) is 31.7 Å². The molecule has 1 heterocycles. The van der Waals surface area contributed by atoms with E-state index < -0.39 is 0 Å². The van der Waals surface area contributed by atoms with Gasteiger partial charge in [0.25, 0.3) is 0 Å². The first-order valence-electron chi connectivity index (χ1n) is 6.65. The Morgan fingerprint density at radius 3 is 2.62 bits per heavy atom. The van der Waals surface area contributed by atoms with Crippen molar-refractivity contribution in [3.63, 3.8) is 0 Å². The van der Waals surface area contributed by atoms with Gasteiger partial charge >= 0.3 is 0 Å². The second-order valence-electron chi connectivity index (χ2n) is 5.37. The first-order chi connectivity index (χ1) is 7.85. The molecule has 0 amide bonds. The minimum atomic E-state index is 0.361. The quantitative estimate of drug-likeness (QED) is 0.749. The average Bonchev–Trinajstić information content (AvgIpc) is 2.83. The number of thiol groups is 1. The summed E-state index contributed by atoms with van der Waals surface area (Å²) in [5, 5.41) is 0. The van der Waals surface area contributed by atoms with Crippen molar-refractivity contribution in [1.29, 1.82) is 0 Å². The Labute approximate surface area is 104 Å². The first-order valence-corrected chi connectivity index (χ1v) is 7.28. The second kappa shape index (κ2) is 6.27. The third-order valence-corrected chi connectivity index (χ3v) is 4.66. The normalized spacial score (nSPS) is 29.4. The Morgan fingerprint density at radius 1 is 1.19 bits per heavy atom. The van der Waals surface area contributed by atoms with Crippen molar-refractivity contribution in [2.45, 2.75) is 51.0 Å². The monoisotopic (exact) mass is 244 g/mol. The van der Waals surface area contributed by atoms with Crippen molar-refractivity contribution in [3.05, 3.63) is 0 Å². The lowest BCUT2D eigenvalue weighted by atomic mass is 9.76. The van der Waals surface area contributed by atoms with Crippen molar-refractivity contribution in [3.8, 4) is 0 Å². The standard InChI is InChI=1S/C13H24O2S/c16-11-13(6-2-1-3-7-13)10-14-9-12-5-4-8-15-12/h12,16H,1-11H2. The molecule has 0 aromatic rings. The molecule has 0 aromatic carbocycles. The molecule has 2 rings (SSSR count). The maximum absolute atomic E-state index is 5.88. The zero-order chi connectivity index (χ0) is 11.3. The van der Waals surface area contributed by atoms with Crippen LogP contribution in [0, 0.1) is 5.41 Å². The number of hydrogen-bond donors (Lipinski definition) is 1. The molecule has 1 saturated carbocycles. The predicted octanol–water partition coefficient (Wildman–Crippen LogP) is 3.06. The van der Waals surface area contributed by atoms with Crippen molar-refractivity contribution in [2.24, 2.45) is 5.41 Å². The summed E-state index contributed by atoms with van der Waals surface area (Å²) in [5.74, 6) is 0.971. The highest BCUT2D eigenvalue weighted by Gasteiger charge is 2.31. The van der Waals surface area contributed by atoms with Crippen LogP contribution in [-0.2, 0) is 9.47 Å². The molecule has 3 heteroatoms. The molecule has 0 radical (unpaired) electrons. The molecule has 2 nitrogen and oxygen atoms in total. The summed E-state index contributed by atoms with van der Waals surface area (Å²) < 4.78 is 11.4. The average molecular weight is 244 g/mol. The highest BCUT2D eigenvalue weighted by molar-refractivity contribution is 7.80. The van der Waals surface area contributed by atoms with E-state index in [0.717, 1.165) is 25.6 Å². The number of hydrogen-bond acceptors (Lipinski definition) is 3. The van der Waals surface area contributed by atoms with Gasteiger partial charge in [-0.1, -0.05) is 19.3 Å². The van der Waals surface area contributed by atoms with Crippen molar-refractivity contribution < 1.29 is 9.47 Å². The molecule has 1 unspecified atom stereocenters. The molecular formula is C13H24O2S. The van der Waals surface area contributed by atoms with Gasteiger partial charge in [0, 0.05) is 12.0 Å². The van der Waals surface area contributed by atoms with E-state index in [9.17, 15) is 0 Å². The summed E-state index contributed by atoms with van der Waals surface area (Å²) in [6.07, 6.45) is 9.42. The van der Waals surface area contributed by atoms with Crippen LogP contribution in [0.25, 0.3) is 0 Å². The molecule has 0 N–H and O–H groups in total. The van der Waals surface area contributed by atoms with Crippen LogP contribution in [0.4, 0.5) is 0 Å². The van der Waals surface area contributed by atoms with Crippen LogP contribution in [0.15, 0.2) is 0 Å². The van der Waals surface area contributed by atoms with Gasteiger partial charge < -0.3 is 9.47 Å². The maximum atomic E-state index is 5.88. The maximum Gasteiger partial charge on any atom is 0.0809 e. The zero-order valence-electron chi connectivity index (χ0n) is 10.1. The third-order valence-electron chi connectivity index (χ3n) is 3.99. The molecule has 2 fully saturated rings. The van der Waals surface area contributed by atoms with E-state index in [1.165, 1.54) is 44.9 Å². The van der Waals surface area contributed by atoms with E-state index >= 15 is 0 Å². The summed E-state index contributed by atoms with van der Waals surface area (Å²) in [6, 6.07) is 0. The summed E-state index contributed by atoms with van der Waals surface area (Å²) in [6.45, 7) is 2.59. The summed E-state index contributed by atoms with van der Waals surface area (Å²) >= 11 is 4.52. The number of rotatable bonds is 5. The molecule has 1 aliphatic carbocycles. The Hall–Kier alpha value is 0.270. The van der Waals surface area contributed by atoms with Crippen molar-refractivity contribution >= 4 is 12.6 Å². The zero-order valence-corrected chi connectivity index (χ0v) is 11.0. The lowest BCUT2D eigenvalue weighted by Crippen LogP contribution is -2.32. The van der Waals surface area contributed by atoms with Gasteiger partial charge in [-0.3, -0.25) is 0 Å². The molecule has 0 bridgehead atoms. The summed E-state index contributed by atoms with van der Waals surface area (Å²) in [7, 11) is 0. The lowest BCUT2D eigenvalue weighted by Gasteiger charge is -2.35. The molecule has 1 aliphatic heterocycles. The molecular weight excluding hydrogens is 220 g/mol. The Morgan fingerprint density at radius 2 is 2.00 bits per heavy atom. The van der Waals surface area contributed by atoms with Gasteiger partial charge in [-0.05, 0) is 31.4 Å². The largest absolute Gasteiger partial charge is 0.378 e. The lowest BCUT2D eigenvalue weighted by molar-refractivity contribution is -0.0214. The highest BCUT2D eigenvalue weighted by Crippen LogP contribution is 2.37. The predicted molar refractivity (Wildman–Crippen MR) is 69.2 cm³/mol. The Kier molecular flexibility index (Phi) is 4.98. The van der Waals surface area contributed by atoms with E-state index in [1.54, 1.807) is 0 Å². The van der Waals surface area contributed by atoms with E-state index in [1.807, 2.05) is 0 Å². The fraction of sp³-hybridized carbons (Fsp3) is 1.00. The molecule has 1 atom stereocenters. The molecule has 16 heavy (non-hydrogen) atoms. The van der Waals surface area contributed by atoms with Crippen LogP contribution in [0.2, 0.25) is 0 Å². The van der Waals surface area contributed by atoms with Gasteiger partial charge in [-0.25, -0.2) is 0 Å². The van der Waals surface area contributed by atoms with Crippen molar-refractivity contribution in [2.75, 3.05) is 25.6 Å². The van der Waals surface area contributed by atoms with Crippen LogP contribution in [0.1, 0.15) is 44.9 Å². The van der Waals surface area contributed by atoms with Gasteiger partial charge in [0.15, 0.2) is 0 Å². The van der Waals surface area contributed by atoms with E-state index in [0.29, 0.717) is 11.5 Å². The van der Waals surface area contributed by atoms with Crippen LogP contribution < -0.4 is 0 Å². The Bertz CT molecular complexity index is 196. The highest BCUT2D eigenvalue weighted by atomic mass is 32.1. The minimum absolute atomic E-state index is 0.361. The van der Waals surface area contributed by atoms with Gasteiger partial charge in [-0.2, -0.15) is 12.6 Å². The molecule has 94 valence electrons. The SMILES string of the molecule is SCC1(COCC2CCCO2)CCCCC1. The van der Waals surface area contributed by atoms with Gasteiger partial charge in [0.05, 0.1) is 19.3 Å². The molecule has 2 aliphatic rings. The molecule has 0 aromatic heterocycles. The van der Waals surface area contributed by atoms with E-state index in [4.69, 9.17) is 9.47 Å². The third kappa shape index (κ3) is 3.38. The van der Waals surface area contributed by atoms with Gasteiger partial charge in [0.2, 0.25) is 0 Å². The van der Waals surface area contributed by atoms with Crippen LogP contribution in [0.3, 0.4) is 0 Å².